The summed E-state index contributed by atoms with van der Waals surface area (Å²) >= 11 is 16.3. The molecule has 0 saturated heterocycles. The highest BCUT2D eigenvalue weighted by Gasteiger charge is 2.29. The number of rotatable bonds is 0. The Kier molecular flexibility index (Phi) is 76.0. The average Bonchev–Trinajstić information content (AvgIpc) is 1.74. The van der Waals surface area contributed by atoms with E-state index in [1.807, 2.05) is 160 Å². The number of nitrogens with zero attached hydrogens (tertiary/aromatic N) is 6. The van der Waals surface area contributed by atoms with Gasteiger partial charge in [-0.05, 0) is 157 Å². The largest absolute Gasteiger partial charge is 0.469 e. The summed E-state index contributed by atoms with van der Waals surface area (Å²) < 4.78 is 17.2. The van der Waals surface area contributed by atoms with Crippen LogP contribution in [0.3, 0.4) is 0 Å². The number of furan rings is 3. The molecule has 0 aromatic carbocycles. The number of thiophene rings is 3. The van der Waals surface area contributed by atoms with Gasteiger partial charge in [-0.2, -0.15) is 0 Å². The van der Waals surface area contributed by atoms with Crippen molar-refractivity contribution in [1.29, 1.82) is 0 Å². The SMILES string of the molecule is CC.CC.CC.CC.CC.CC.CC(C)=C1Sc2ccoc2N1C.CC(C)=C1Sc2ccsc2N1C.CC(C)=C1Sc2cocc2N1C.CC(C)=C1Sc2cscc2N1C.CC(C)=C1Sc2occc2N1C.CC(C)=C1Sc2sccc2N1C.F.F.F.F.F.F.[B].[B].[B].[B].[B].[B]. The molecule has 6 aliphatic rings. The average molecular weight is 1500 g/mol. The van der Waals surface area contributed by atoms with Crippen molar-refractivity contribution in [3.63, 3.8) is 0 Å². The van der Waals surface area contributed by atoms with E-state index in [-0.39, 0.29) is 78.7 Å². The third-order valence-corrected chi connectivity index (χ3v) is 22.8. The van der Waals surface area contributed by atoms with Gasteiger partial charge in [0, 0.05) is 119 Å². The summed E-state index contributed by atoms with van der Waals surface area (Å²) in [5.74, 6) is 0.969. The second-order valence-electron chi connectivity index (χ2n) is 18.4. The van der Waals surface area contributed by atoms with Gasteiger partial charge in [-0.25, -0.2) is 0 Å². The Morgan fingerprint density at radius 1 is 0.323 bits per heavy atom. The molecule has 9 nitrogen and oxygen atoms in total. The third-order valence-electron chi connectivity index (χ3n) is 11.3. The van der Waals surface area contributed by atoms with E-state index in [4.69, 9.17) is 13.3 Å². The summed E-state index contributed by atoms with van der Waals surface area (Å²) in [6, 6.07) is 8.38. The van der Waals surface area contributed by atoms with Crippen LogP contribution >= 0.6 is 105 Å². The Morgan fingerprint density at radius 2 is 0.698 bits per heavy atom. The van der Waals surface area contributed by atoms with E-state index in [9.17, 15) is 0 Å². The maximum Gasteiger partial charge on any atom is 0.213 e. The van der Waals surface area contributed by atoms with Crippen LogP contribution in [-0.2, 0) is 0 Å². The quantitative estimate of drug-likeness (QED) is 0.107. The molecule has 0 aliphatic carbocycles. The first-order chi connectivity index (χ1) is 40.2. The van der Waals surface area contributed by atoms with Crippen LogP contribution in [-0.4, -0.2) is 92.8 Å². The van der Waals surface area contributed by atoms with Gasteiger partial charge in [-0.1, -0.05) is 142 Å². The molecule has 0 amide bonds. The van der Waals surface area contributed by atoms with E-state index in [2.05, 4.69) is 181 Å². The van der Waals surface area contributed by atoms with Gasteiger partial charge >= 0.3 is 0 Å². The van der Waals surface area contributed by atoms with Crippen LogP contribution < -0.4 is 29.4 Å². The highest BCUT2D eigenvalue weighted by molar-refractivity contribution is 8.05. The maximum atomic E-state index is 5.34. The lowest BCUT2D eigenvalue weighted by Crippen LogP contribution is -2.09. The number of anilines is 6. The molecule has 0 N–H and O–H groups in total. The Labute approximate surface area is 626 Å². The summed E-state index contributed by atoms with van der Waals surface area (Å²) in [6.45, 7) is 49.7. The first-order valence-electron chi connectivity index (χ1n) is 29.2. The zero-order valence-electron chi connectivity index (χ0n) is 62.4. The number of allylic oxidation sites excluding steroid dienone is 6. The van der Waals surface area contributed by atoms with Gasteiger partial charge in [0.2, 0.25) is 5.88 Å². The van der Waals surface area contributed by atoms with Crippen molar-refractivity contribution in [2.24, 2.45) is 0 Å². The fourth-order valence-electron chi connectivity index (χ4n) is 7.90. The van der Waals surface area contributed by atoms with Gasteiger partial charge in [0.05, 0.1) is 79.5 Å². The van der Waals surface area contributed by atoms with Crippen molar-refractivity contribution < 1.29 is 41.5 Å². The molecule has 30 heteroatoms. The molecule has 0 atom stereocenters. The number of halogens is 6. The van der Waals surface area contributed by atoms with E-state index in [0.717, 1.165) is 11.0 Å². The molecule has 12 rings (SSSR count). The smallest absolute Gasteiger partial charge is 0.213 e. The van der Waals surface area contributed by atoms with Crippen LogP contribution in [0.5, 0.6) is 0 Å². The van der Waals surface area contributed by atoms with Crippen molar-refractivity contribution in [1.82, 2.24) is 0 Å². The third kappa shape index (κ3) is 31.0. The molecule has 0 bridgehead atoms. The van der Waals surface area contributed by atoms with Crippen molar-refractivity contribution in [2.75, 3.05) is 71.7 Å². The summed E-state index contributed by atoms with van der Waals surface area (Å²) in [7, 11) is 12.6. The van der Waals surface area contributed by atoms with Gasteiger partial charge in [0.25, 0.3) is 0 Å². The topological polar surface area (TPSA) is 58.9 Å². The summed E-state index contributed by atoms with van der Waals surface area (Å²) in [6.07, 6.45) is 7.05. The van der Waals surface area contributed by atoms with Gasteiger partial charge < -0.3 is 42.7 Å². The number of fused-ring (bicyclic) bond motifs is 6. The molecule has 6 aromatic rings. The summed E-state index contributed by atoms with van der Waals surface area (Å²) in [5.41, 5.74) is 13.3. The van der Waals surface area contributed by atoms with E-state index in [1.54, 1.807) is 71.7 Å². The zero-order valence-corrected chi connectivity index (χ0v) is 69.8. The molecule has 0 spiro atoms. The van der Waals surface area contributed by atoms with Crippen molar-refractivity contribution in [2.45, 2.75) is 195 Å². The van der Waals surface area contributed by atoms with E-state index >= 15 is 0 Å². The van der Waals surface area contributed by atoms with Crippen LogP contribution in [0, 0.1) is 0 Å². The first-order valence-corrected chi connectivity index (χ1v) is 36.8. The second-order valence-corrected chi connectivity index (χ2v) is 27.3. The van der Waals surface area contributed by atoms with Gasteiger partial charge in [-0.3, -0.25) is 28.2 Å². The molecule has 534 valence electrons. The lowest BCUT2D eigenvalue weighted by Gasteiger charge is -2.13. The minimum atomic E-state index is 0. The Balaban J connectivity index is -0.0000000834. The molecule has 6 aliphatic heterocycles. The molecular formula is C66H108B6F6N6O3S9. The van der Waals surface area contributed by atoms with Crippen LogP contribution in [0.2, 0.25) is 0 Å². The number of thioether (sulfide) groups is 6. The zero-order chi connectivity index (χ0) is 64.3. The van der Waals surface area contributed by atoms with Crippen LogP contribution in [0.4, 0.5) is 61.9 Å². The number of hydrogen-bond acceptors (Lipinski definition) is 18. The molecule has 0 fully saturated rings. The van der Waals surface area contributed by atoms with E-state index < -0.39 is 0 Å². The second kappa shape index (κ2) is 61.1. The lowest BCUT2D eigenvalue weighted by atomic mass is 10.3. The van der Waals surface area contributed by atoms with E-state index in [0.29, 0.717) is 0 Å². The predicted molar refractivity (Wildman–Crippen MR) is 443 cm³/mol. The Morgan fingerprint density at radius 3 is 1.12 bits per heavy atom. The summed E-state index contributed by atoms with van der Waals surface area (Å²) in [4.78, 5) is 18.5. The van der Waals surface area contributed by atoms with E-state index in [1.165, 1.54) is 115 Å². The Hall–Kier alpha value is -3.75. The minimum Gasteiger partial charge on any atom is -0.469 e. The lowest BCUT2D eigenvalue weighted by molar-refractivity contribution is 0.478. The van der Waals surface area contributed by atoms with Crippen molar-refractivity contribution in [3.05, 3.63) is 134 Å². The van der Waals surface area contributed by atoms with Gasteiger partial charge in [-0.15, -0.1) is 34.0 Å². The molecule has 0 saturated carbocycles. The monoisotopic (exact) mass is 1500 g/mol. The van der Waals surface area contributed by atoms with Crippen molar-refractivity contribution >= 4 is 189 Å². The minimum absolute atomic E-state index is 0. The normalized spacial score (nSPS) is 11.8. The van der Waals surface area contributed by atoms with Crippen LogP contribution in [0.25, 0.3) is 0 Å². The molecule has 96 heavy (non-hydrogen) atoms. The number of hydrogen-bond donors (Lipinski definition) is 0. The Bertz CT molecular complexity index is 2610. The first kappa shape index (κ1) is 119. The van der Waals surface area contributed by atoms with Crippen molar-refractivity contribution in [3.8, 4) is 0 Å². The fraction of sp³-hybridized carbons (Fsp3) is 0.455. The molecule has 18 radical (unpaired) electrons. The standard InChI is InChI=1S/3C9H11NOS.3C9H11NS2.6C2H6.6B.6FH/c1-6(2)9-10(3)7-4-11-5-8(7)12-9;1-6(2)9-10(3)8-7(12-9)4-5-11-8;1-6(2)8-10(3)7-4-5-11-9(7)12-8;1-6(2)9-10(3)7-4-11-5-8(7)12-9;1-6(2)8-10(3)9-7(12-8)4-5-11-9;1-6(2)8-10(3)7-4-5-11-9(7)12-8;6*1-2;;;;;;;;;;;;/h6*4-5H,1-3H3;6*1-2H3;;;;;;;6*1H. The van der Waals surface area contributed by atoms with Crippen LogP contribution in [0.15, 0.2) is 177 Å². The predicted octanol–water partition coefficient (Wildman–Crippen LogP) is 24.6. The van der Waals surface area contributed by atoms with Gasteiger partial charge in [0.1, 0.15) is 17.5 Å². The molecule has 12 heterocycles. The fourth-order valence-corrected chi connectivity index (χ4v) is 17.5. The highest BCUT2D eigenvalue weighted by atomic mass is 32.2. The van der Waals surface area contributed by atoms with Gasteiger partial charge in [0.15, 0.2) is 5.09 Å². The summed E-state index contributed by atoms with van der Waals surface area (Å²) in [5, 5.41) is 19.1. The molecule has 0 unspecified atom stereocenters. The molecular weight excluding hydrogens is 1390 g/mol. The van der Waals surface area contributed by atoms with Crippen LogP contribution in [0.1, 0.15) is 166 Å². The molecule has 6 aromatic heterocycles. The highest BCUT2D eigenvalue weighted by Crippen LogP contribution is 2.52. The maximum absolute atomic E-state index is 5.34.